The SMILES string of the molecule is c1ccc(-c2nc3ccc(-c4ccc(-n5c6ccc7ccccc7c6c6c7ccccc7ccc65)cc4)cc3nc2-c2ccccc2)cc1.c1ccc(-c2nc3ccc(-c4ccc(-n5c6ccc7ccccc7c6c6c7ccccc7ccc65)nc4)cc3nc2-c2ccccc2)cc1.c1ccc(-c2nc3ccc(-c4cccc(-n5c6ccc7ccccc7c6c6c7ccccc7ccc65)c4)cc3nc2-c2ccccc2)cc1. The third-order valence-electron chi connectivity index (χ3n) is 29.1. The van der Waals surface area contributed by atoms with Crippen molar-refractivity contribution >= 4 is 163 Å². The average molecular weight is 1870 g/mol. The van der Waals surface area contributed by atoms with Gasteiger partial charge in [0, 0.05) is 88.8 Å². The lowest BCUT2D eigenvalue weighted by molar-refractivity contribution is 1.08. The van der Waals surface area contributed by atoms with Gasteiger partial charge in [-0.1, -0.05) is 406 Å². The molecule has 0 aliphatic heterocycles. The summed E-state index contributed by atoms with van der Waals surface area (Å²) in [7, 11) is 0. The van der Waals surface area contributed by atoms with Gasteiger partial charge < -0.3 is 9.13 Å². The highest BCUT2D eigenvalue weighted by molar-refractivity contribution is 6.31. The highest BCUT2D eigenvalue weighted by atomic mass is 15.1. The van der Waals surface area contributed by atoms with Crippen LogP contribution in [0, 0.1) is 0 Å². The third kappa shape index (κ3) is 14.9. The number of pyridine rings is 1. The molecule has 0 atom stereocenters. The fourth-order valence-electron chi connectivity index (χ4n) is 22.2. The lowest BCUT2D eigenvalue weighted by atomic mass is 10.00. The molecule has 10 heteroatoms. The van der Waals surface area contributed by atoms with E-state index in [4.69, 9.17) is 34.9 Å². The molecular formula is C137H86N10. The number of fused-ring (bicyclic) bond motifs is 24. The molecule has 0 N–H and O–H groups in total. The summed E-state index contributed by atoms with van der Waals surface area (Å²) >= 11 is 0. The number of nitrogens with zero attached hydrogens (tertiary/aromatic N) is 10. The van der Waals surface area contributed by atoms with Crippen molar-refractivity contribution < 1.29 is 0 Å². The average Bonchev–Trinajstić information content (AvgIpc) is 1.57. The van der Waals surface area contributed by atoms with E-state index in [1.54, 1.807) is 0 Å². The summed E-state index contributed by atoms with van der Waals surface area (Å²) < 4.78 is 7.14. The van der Waals surface area contributed by atoms with E-state index in [1.807, 2.05) is 91.1 Å². The lowest BCUT2D eigenvalue weighted by Crippen LogP contribution is -1.98. The molecule has 0 saturated carbocycles. The fourth-order valence-corrected chi connectivity index (χ4v) is 22.2. The third-order valence-corrected chi connectivity index (χ3v) is 29.1. The first-order valence-corrected chi connectivity index (χ1v) is 49.9. The zero-order valence-corrected chi connectivity index (χ0v) is 79.6. The molecule has 30 aromatic rings. The second-order valence-corrected chi connectivity index (χ2v) is 37.7. The molecule has 684 valence electrons. The predicted octanol–water partition coefficient (Wildman–Crippen LogP) is 35.5. The first kappa shape index (κ1) is 85.2. The molecule has 0 radical (unpaired) electrons. The van der Waals surface area contributed by atoms with Crippen LogP contribution in [0.2, 0.25) is 0 Å². The van der Waals surface area contributed by atoms with Gasteiger partial charge in [-0.2, -0.15) is 0 Å². The Morgan fingerprint density at radius 3 is 0.660 bits per heavy atom. The van der Waals surface area contributed by atoms with Gasteiger partial charge in [0.25, 0.3) is 0 Å². The molecule has 0 bridgehead atoms. The Kier molecular flexibility index (Phi) is 20.7. The molecule has 0 saturated heterocycles. The van der Waals surface area contributed by atoms with Crippen LogP contribution < -0.4 is 0 Å². The van der Waals surface area contributed by atoms with E-state index in [2.05, 4.69) is 444 Å². The smallest absolute Gasteiger partial charge is 0.137 e. The first-order valence-electron chi connectivity index (χ1n) is 49.9. The van der Waals surface area contributed by atoms with Crippen molar-refractivity contribution in [1.29, 1.82) is 0 Å². The number of hydrogen-bond donors (Lipinski definition) is 0. The quantitative estimate of drug-likeness (QED) is 0.120. The monoisotopic (exact) mass is 1870 g/mol. The van der Waals surface area contributed by atoms with E-state index >= 15 is 0 Å². The van der Waals surface area contributed by atoms with Crippen molar-refractivity contribution in [3.63, 3.8) is 0 Å². The standard InChI is InChI=1S/2C46H29N3.C45H28N4/c1-3-14-32(15-4-1)45-46(33-16-5-2-6-17-33)48-40-29-35(22-25-39(40)47-45)34-18-11-19-36(28-34)49-41-26-23-30-12-7-9-20-37(30)43(41)44-38-21-10-8-13-31(38)24-27-42(44)49;1-3-13-33(14-4-1)45-46(34-15-5-2-6-16-34)48-40-29-35(21-26-39(40)47-45)30-19-24-36(25-20-30)49-41-27-22-31-11-7-9-17-37(31)43(41)44-38-18-10-8-12-32(38)23-28-42(44)49;1-3-13-31(14-4-1)44-45(32-15-5-2-6-16-32)48-38-27-33(19-23-37(38)47-44)34-22-26-41(46-28-34)49-39-24-20-29-11-7-9-17-35(29)42(39)43-36-18-10-8-12-30(36)21-25-40(43)49/h2*1-29H;1-28H. The molecule has 0 fully saturated rings. The van der Waals surface area contributed by atoms with Gasteiger partial charge in [0.2, 0.25) is 0 Å². The van der Waals surface area contributed by atoms with Crippen molar-refractivity contribution in [3.8, 4) is 118 Å². The van der Waals surface area contributed by atoms with Gasteiger partial charge >= 0.3 is 0 Å². The van der Waals surface area contributed by atoms with Crippen LogP contribution in [0.1, 0.15) is 0 Å². The van der Waals surface area contributed by atoms with Crippen LogP contribution in [-0.4, -0.2) is 48.6 Å². The zero-order chi connectivity index (χ0) is 96.9. The van der Waals surface area contributed by atoms with E-state index in [9.17, 15) is 0 Å². The number of benzene rings is 23. The summed E-state index contributed by atoms with van der Waals surface area (Å²) in [5, 5.41) is 22.8. The summed E-state index contributed by atoms with van der Waals surface area (Å²) in [6.45, 7) is 0. The van der Waals surface area contributed by atoms with Crippen LogP contribution in [0.25, 0.3) is 281 Å². The molecule has 0 aliphatic carbocycles. The zero-order valence-electron chi connectivity index (χ0n) is 79.6. The number of hydrogen-bond acceptors (Lipinski definition) is 7. The van der Waals surface area contributed by atoms with Crippen molar-refractivity contribution in [3.05, 3.63) is 522 Å². The normalized spacial score (nSPS) is 11.7. The topological polar surface area (TPSA) is 105 Å². The molecule has 0 unspecified atom stereocenters. The van der Waals surface area contributed by atoms with Gasteiger partial charge in [-0.15, -0.1) is 0 Å². The van der Waals surface area contributed by atoms with E-state index < -0.39 is 0 Å². The second-order valence-electron chi connectivity index (χ2n) is 37.7. The highest BCUT2D eigenvalue weighted by Gasteiger charge is 2.26. The maximum Gasteiger partial charge on any atom is 0.137 e. The molecule has 0 aliphatic rings. The summed E-state index contributed by atoms with van der Waals surface area (Å²) in [6.07, 6.45) is 1.97. The summed E-state index contributed by atoms with van der Waals surface area (Å²) in [5.41, 5.74) is 32.7. The maximum atomic E-state index is 5.25. The minimum absolute atomic E-state index is 0.848. The van der Waals surface area contributed by atoms with Gasteiger partial charge in [-0.25, -0.2) is 34.9 Å². The van der Waals surface area contributed by atoms with Gasteiger partial charge in [-0.3, -0.25) is 4.57 Å². The second kappa shape index (κ2) is 35.8. The Balaban J connectivity index is 0.000000107. The summed E-state index contributed by atoms with van der Waals surface area (Å²) in [4.78, 5) is 36.2. The van der Waals surface area contributed by atoms with E-state index in [1.165, 1.54) is 119 Å². The number of rotatable bonds is 12. The number of aromatic nitrogens is 10. The first-order chi connectivity index (χ1) is 72.9. The molecule has 23 aromatic carbocycles. The van der Waals surface area contributed by atoms with E-state index in [0.29, 0.717) is 0 Å². The van der Waals surface area contributed by atoms with Crippen LogP contribution in [-0.2, 0) is 0 Å². The maximum absolute atomic E-state index is 5.25. The molecule has 30 rings (SSSR count). The minimum Gasteiger partial charge on any atom is -0.309 e. The Morgan fingerprint density at radius 1 is 0.136 bits per heavy atom. The van der Waals surface area contributed by atoms with Crippen molar-refractivity contribution in [2.75, 3.05) is 0 Å². The molecule has 0 amide bonds. The molecule has 7 aromatic heterocycles. The largest absolute Gasteiger partial charge is 0.309 e. The van der Waals surface area contributed by atoms with Crippen molar-refractivity contribution in [2.24, 2.45) is 0 Å². The van der Waals surface area contributed by atoms with Gasteiger partial charge in [0.15, 0.2) is 0 Å². The Labute approximate surface area is 845 Å². The molecule has 0 spiro atoms. The Hall–Kier alpha value is -19.8. The van der Waals surface area contributed by atoms with E-state index in [0.717, 1.165) is 162 Å². The molecule has 10 nitrogen and oxygen atoms in total. The molecular weight excluding hydrogens is 1790 g/mol. The molecule has 7 heterocycles. The van der Waals surface area contributed by atoms with Crippen LogP contribution in [0.5, 0.6) is 0 Å². The summed E-state index contributed by atoms with van der Waals surface area (Å²) in [6, 6.07) is 182. The van der Waals surface area contributed by atoms with Gasteiger partial charge in [-0.05, 0) is 202 Å². The van der Waals surface area contributed by atoms with Gasteiger partial charge in [0.1, 0.15) is 5.82 Å². The van der Waals surface area contributed by atoms with Crippen molar-refractivity contribution in [1.82, 2.24) is 48.6 Å². The molecule has 147 heavy (non-hydrogen) atoms. The minimum atomic E-state index is 0.848. The van der Waals surface area contributed by atoms with Crippen LogP contribution >= 0.6 is 0 Å². The highest BCUT2D eigenvalue weighted by Crippen LogP contribution is 2.48. The van der Waals surface area contributed by atoms with Crippen LogP contribution in [0.3, 0.4) is 0 Å². The lowest BCUT2D eigenvalue weighted by Gasteiger charge is -2.13. The van der Waals surface area contributed by atoms with Gasteiger partial charge in [0.05, 0.1) is 100 Å². The van der Waals surface area contributed by atoms with Crippen LogP contribution in [0.4, 0.5) is 0 Å². The van der Waals surface area contributed by atoms with Crippen LogP contribution in [0.15, 0.2) is 522 Å². The Bertz CT molecular complexity index is 9800. The van der Waals surface area contributed by atoms with Crippen molar-refractivity contribution in [2.45, 2.75) is 0 Å². The van der Waals surface area contributed by atoms with E-state index in [-0.39, 0.29) is 0 Å². The summed E-state index contributed by atoms with van der Waals surface area (Å²) in [5.74, 6) is 0.883. The Morgan fingerprint density at radius 2 is 0.367 bits per heavy atom. The predicted molar refractivity (Wildman–Crippen MR) is 613 cm³/mol. The fraction of sp³-hybridized carbons (Fsp3) is 0.